The van der Waals surface area contributed by atoms with Crippen molar-refractivity contribution in [2.45, 2.75) is 25.6 Å². The quantitative estimate of drug-likeness (QED) is 0.618. The van der Waals surface area contributed by atoms with Gasteiger partial charge in [0.15, 0.2) is 0 Å². The Balaban J connectivity index is 1.77. The highest BCUT2D eigenvalue weighted by atomic mass is 16.5. The van der Waals surface area contributed by atoms with Crippen molar-refractivity contribution in [1.82, 2.24) is 9.47 Å². The highest BCUT2D eigenvalue weighted by molar-refractivity contribution is 5.42. The van der Waals surface area contributed by atoms with Gasteiger partial charge in [-0.2, -0.15) is 0 Å². The second-order valence-corrected chi connectivity index (χ2v) is 7.32. The minimum absolute atomic E-state index is 0.112. The molecule has 3 aromatic rings. The molecule has 1 atom stereocenters. The van der Waals surface area contributed by atoms with Crippen molar-refractivity contribution in [3.05, 3.63) is 77.6 Å². The molecule has 5 nitrogen and oxygen atoms in total. The van der Waals surface area contributed by atoms with Crippen LogP contribution >= 0.6 is 0 Å². The molecule has 2 aromatic carbocycles. The number of rotatable bonds is 6. The average Bonchev–Trinajstić information content (AvgIpc) is 3.15. The molecule has 0 N–H and O–H groups in total. The van der Waals surface area contributed by atoms with Crippen LogP contribution in [0.5, 0.6) is 17.2 Å². The van der Waals surface area contributed by atoms with Crippen molar-refractivity contribution in [2.24, 2.45) is 0 Å². The highest BCUT2D eigenvalue weighted by Crippen LogP contribution is 2.38. The van der Waals surface area contributed by atoms with E-state index in [2.05, 4.69) is 52.1 Å². The summed E-state index contributed by atoms with van der Waals surface area (Å²) in [7, 11) is 5.12. The zero-order valence-corrected chi connectivity index (χ0v) is 17.3. The number of fused-ring (bicyclic) bond motifs is 1. The molecule has 0 saturated carbocycles. The van der Waals surface area contributed by atoms with Crippen LogP contribution in [0.2, 0.25) is 0 Å². The molecule has 0 amide bonds. The Bertz CT molecular complexity index is 944. The molecule has 1 aromatic heterocycles. The number of para-hydroxylation sites is 1. The van der Waals surface area contributed by atoms with Gasteiger partial charge in [0.25, 0.3) is 0 Å². The Hall–Kier alpha value is -2.92. The third kappa shape index (κ3) is 3.96. The summed E-state index contributed by atoms with van der Waals surface area (Å²) in [6.07, 6.45) is 3.27. The highest BCUT2D eigenvalue weighted by Gasteiger charge is 2.29. The zero-order valence-electron chi connectivity index (χ0n) is 17.3. The van der Waals surface area contributed by atoms with Crippen LogP contribution in [0.1, 0.15) is 29.3 Å². The molecular weight excluding hydrogens is 364 g/mol. The van der Waals surface area contributed by atoms with Gasteiger partial charge in [-0.1, -0.05) is 18.2 Å². The van der Waals surface area contributed by atoms with E-state index in [0.717, 1.165) is 43.3 Å². The molecule has 0 unspecified atom stereocenters. The first-order valence-electron chi connectivity index (χ1n) is 9.97. The molecule has 29 heavy (non-hydrogen) atoms. The molecule has 1 aliphatic heterocycles. The van der Waals surface area contributed by atoms with Crippen molar-refractivity contribution in [2.75, 3.05) is 27.9 Å². The van der Waals surface area contributed by atoms with Gasteiger partial charge in [0, 0.05) is 43.2 Å². The first-order valence-corrected chi connectivity index (χ1v) is 9.97. The third-order valence-electron chi connectivity index (χ3n) is 5.58. The number of ether oxygens (including phenoxy) is 3. The summed E-state index contributed by atoms with van der Waals surface area (Å²) in [5.74, 6) is 2.54. The summed E-state index contributed by atoms with van der Waals surface area (Å²) in [6.45, 7) is 2.80. The van der Waals surface area contributed by atoms with E-state index in [0.29, 0.717) is 0 Å². The van der Waals surface area contributed by atoms with Gasteiger partial charge in [0.2, 0.25) is 0 Å². The zero-order chi connectivity index (χ0) is 20.2. The molecule has 0 bridgehead atoms. The van der Waals surface area contributed by atoms with Crippen molar-refractivity contribution in [3.8, 4) is 17.2 Å². The van der Waals surface area contributed by atoms with E-state index < -0.39 is 0 Å². The lowest BCUT2D eigenvalue weighted by atomic mass is 10.00. The fraction of sp³-hybridized carbons (Fsp3) is 0.333. The Labute approximate surface area is 172 Å². The van der Waals surface area contributed by atoms with Crippen LogP contribution in [0, 0.1) is 0 Å². The van der Waals surface area contributed by atoms with Crippen LogP contribution in [0.4, 0.5) is 0 Å². The van der Waals surface area contributed by atoms with Gasteiger partial charge in [-0.3, -0.25) is 4.90 Å². The molecule has 152 valence electrons. The third-order valence-corrected chi connectivity index (χ3v) is 5.58. The summed E-state index contributed by atoms with van der Waals surface area (Å²) in [5, 5.41) is 0. The van der Waals surface area contributed by atoms with E-state index in [1.165, 1.54) is 16.8 Å². The average molecular weight is 392 g/mol. The monoisotopic (exact) mass is 392 g/mol. The summed E-state index contributed by atoms with van der Waals surface area (Å²) in [4.78, 5) is 2.52. The molecule has 2 heterocycles. The Kier molecular flexibility index (Phi) is 5.76. The maximum Gasteiger partial charge on any atom is 0.124 e. The minimum atomic E-state index is 0.112. The Morgan fingerprint density at radius 3 is 2.34 bits per heavy atom. The van der Waals surface area contributed by atoms with Crippen LogP contribution in [-0.2, 0) is 13.1 Å². The normalized spacial score (nSPS) is 16.7. The molecule has 5 heteroatoms. The molecule has 1 aliphatic rings. The van der Waals surface area contributed by atoms with Crippen LogP contribution in [-0.4, -0.2) is 37.3 Å². The maximum atomic E-state index is 5.73. The topological polar surface area (TPSA) is 35.9 Å². The van der Waals surface area contributed by atoms with Crippen LogP contribution in [0.15, 0.2) is 60.8 Å². The van der Waals surface area contributed by atoms with Crippen molar-refractivity contribution >= 4 is 0 Å². The van der Waals surface area contributed by atoms with E-state index in [1.54, 1.807) is 21.3 Å². The van der Waals surface area contributed by atoms with E-state index >= 15 is 0 Å². The smallest absolute Gasteiger partial charge is 0.124 e. The molecule has 0 radical (unpaired) electrons. The number of nitrogens with zero attached hydrogens (tertiary/aromatic N) is 2. The number of aryl methyl sites for hydroxylation is 1. The SMILES string of the molecule is COc1cc(CN2CCCn3cccc3[C@@H]2c2ccccc2OC)cc(OC)c1. The number of methoxy groups -OCH3 is 3. The van der Waals surface area contributed by atoms with Gasteiger partial charge in [0.05, 0.1) is 27.4 Å². The first kappa shape index (κ1) is 19.4. The molecule has 0 spiro atoms. The van der Waals surface area contributed by atoms with Gasteiger partial charge in [0.1, 0.15) is 17.2 Å². The molecule has 0 aliphatic carbocycles. The predicted molar refractivity (Wildman–Crippen MR) is 114 cm³/mol. The minimum Gasteiger partial charge on any atom is -0.497 e. The number of benzene rings is 2. The first-order chi connectivity index (χ1) is 14.2. The standard InChI is InChI=1S/C24H28N2O3/c1-27-19-14-18(15-20(16-19)28-2)17-26-13-7-12-25-11-6-9-22(25)24(26)21-8-4-5-10-23(21)29-3/h4-6,8-11,14-16,24H,7,12-13,17H2,1-3H3/t24-/m0/s1. The lowest BCUT2D eigenvalue weighted by Gasteiger charge is -2.31. The fourth-order valence-electron chi connectivity index (χ4n) is 4.25. The number of aromatic nitrogens is 1. The summed E-state index contributed by atoms with van der Waals surface area (Å²) in [5.41, 5.74) is 3.65. The second-order valence-electron chi connectivity index (χ2n) is 7.32. The summed E-state index contributed by atoms with van der Waals surface area (Å²) in [6, 6.07) is 18.9. The van der Waals surface area contributed by atoms with Gasteiger partial charge >= 0.3 is 0 Å². The molecule has 4 rings (SSSR count). The van der Waals surface area contributed by atoms with Crippen LogP contribution < -0.4 is 14.2 Å². The lowest BCUT2D eigenvalue weighted by Crippen LogP contribution is -2.29. The Morgan fingerprint density at radius 2 is 1.62 bits per heavy atom. The van der Waals surface area contributed by atoms with Gasteiger partial charge in [-0.25, -0.2) is 0 Å². The van der Waals surface area contributed by atoms with E-state index in [9.17, 15) is 0 Å². The van der Waals surface area contributed by atoms with Crippen molar-refractivity contribution in [3.63, 3.8) is 0 Å². The number of hydrogen-bond donors (Lipinski definition) is 0. The van der Waals surface area contributed by atoms with Crippen LogP contribution in [0.3, 0.4) is 0 Å². The molecule has 0 saturated heterocycles. The summed E-state index contributed by atoms with van der Waals surface area (Å²) < 4.78 is 19.1. The number of hydrogen-bond acceptors (Lipinski definition) is 4. The van der Waals surface area contributed by atoms with Gasteiger partial charge in [-0.05, 0) is 42.3 Å². The molecule has 0 fully saturated rings. The maximum absolute atomic E-state index is 5.73. The van der Waals surface area contributed by atoms with Crippen molar-refractivity contribution in [1.29, 1.82) is 0 Å². The van der Waals surface area contributed by atoms with Crippen LogP contribution in [0.25, 0.3) is 0 Å². The lowest BCUT2D eigenvalue weighted by molar-refractivity contribution is 0.216. The van der Waals surface area contributed by atoms with E-state index in [-0.39, 0.29) is 6.04 Å². The van der Waals surface area contributed by atoms with E-state index in [4.69, 9.17) is 14.2 Å². The van der Waals surface area contributed by atoms with Crippen molar-refractivity contribution < 1.29 is 14.2 Å². The second kappa shape index (κ2) is 8.62. The van der Waals surface area contributed by atoms with E-state index in [1.807, 2.05) is 18.2 Å². The van der Waals surface area contributed by atoms with Gasteiger partial charge in [-0.15, -0.1) is 0 Å². The fourth-order valence-corrected chi connectivity index (χ4v) is 4.25. The summed E-state index contributed by atoms with van der Waals surface area (Å²) >= 11 is 0. The molecular formula is C24H28N2O3. The van der Waals surface area contributed by atoms with Gasteiger partial charge < -0.3 is 18.8 Å². The predicted octanol–water partition coefficient (Wildman–Crippen LogP) is 4.51. The largest absolute Gasteiger partial charge is 0.497 e. The Morgan fingerprint density at radius 1 is 0.862 bits per heavy atom.